The zero-order valence-corrected chi connectivity index (χ0v) is 17.5. The van der Waals surface area contributed by atoms with E-state index in [0.29, 0.717) is 29.9 Å². The van der Waals surface area contributed by atoms with E-state index in [0.717, 1.165) is 46.3 Å². The molecule has 27 heavy (non-hydrogen) atoms. The summed E-state index contributed by atoms with van der Waals surface area (Å²) in [6.07, 6.45) is 4.09. The summed E-state index contributed by atoms with van der Waals surface area (Å²) in [4.78, 5) is 27.9. The molecule has 1 aliphatic heterocycles. The molecule has 142 valence electrons. The lowest BCUT2D eigenvalue weighted by molar-refractivity contribution is 0.0982. The monoisotopic (exact) mass is 429 g/mol. The topological polar surface area (TPSA) is 59.2 Å². The molecule has 2 aromatic rings. The summed E-state index contributed by atoms with van der Waals surface area (Å²) in [5.74, 6) is 1.31. The van der Waals surface area contributed by atoms with Crippen LogP contribution in [0.1, 0.15) is 71.3 Å². The van der Waals surface area contributed by atoms with Crippen molar-refractivity contribution in [2.24, 2.45) is 0 Å². The van der Waals surface area contributed by atoms with E-state index in [9.17, 15) is 9.59 Å². The van der Waals surface area contributed by atoms with Crippen molar-refractivity contribution < 1.29 is 9.53 Å². The van der Waals surface area contributed by atoms with Gasteiger partial charge in [-0.1, -0.05) is 0 Å². The second-order valence-corrected chi connectivity index (χ2v) is 8.96. The van der Waals surface area contributed by atoms with Crippen molar-refractivity contribution in [1.82, 2.24) is 4.98 Å². The third kappa shape index (κ3) is 3.16. The number of rotatable bonds is 4. The summed E-state index contributed by atoms with van der Waals surface area (Å²) >= 11 is 3.59. The van der Waals surface area contributed by atoms with Gasteiger partial charge in [0.05, 0.1) is 4.47 Å². The number of pyridine rings is 1. The maximum Gasteiger partial charge on any atom is 0.251 e. The van der Waals surface area contributed by atoms with Crippen LogP contribution in [0.15, 0.2) is 27.5 Å². The molecule has 1 aromatic carbocycles. The van der Waals surface area contributed by atoms with Crippen LogP contribution in [-0.2, 0) is 6.42 Å². The van der Waals surface area contributed by atoms with E-state index in [2.05, 4.69) is 27.8 Å². The molecule has 0 radical (unpaired) electrons. The van der Waals surface area contributed by atoms with Crippen LogP contribution < -0.4 is 10.3 Å². The first kappa shape index (κ1) is 18.5. The fourth-order valence-electron chi connectivity index (χ4n) is 4.69. The Balaban J connectivity index is 1.58. The first-order chi connectivity index (χ1) is 12.8. The zero-order valence-electron chi connectivity index (χ0n) is 15.9. The van der Waals surface area contributed by atoms with E-state index in [1.54, 1.807) is 0 Å². The molecule has 0 saturated heterocycles. The van der Waals surface area contributed by atoms with Crippen LogP contribution in [0.3, 0.4) is 0 Å². The maximum atomic E-state index is 12.9. The van der Waals surface area contributed by atoms with Gasteiger partial charge in [-0.3, -0.25) is 9.59 Å². The maximum absolute atomic E-state index is 12.9. The Morgan fingerprint density at radius 3 is 2.85 bits per heavy atom. The lowest BCUT2D eigenvalue weighted by Crippen LogP contribution is -2.29. The van der Waals surface area contributed by atoms with Gasteiger partial charge in [0, 0.05) is 34.7 Å². The SMILES string of the molecule is Cc1cc(C)c(CCC(=O)c2cc(Br)c3c(c2)[C@@H]2CCC[C@]2(C)O3)c(=O)[nH]1. The first-order valence-electron chi connectivity index (χ1n) is 9.53. The number of ether oxygens (including phenoxy) is 1. The van der Waals surface area contributed by atoms with Gasteiger partial charge >= 0.3 is 0 Å². The molecule has 1 aliphatic carbocycles. The highest BCUT2D eigenvalue weighted by Crippen LogP contribution is 2.55. The average molecular weight is 430 g/mol. The molecule has 0 spiro atoms. The highest BCUT2D eigenvalue weighted by atomic mass is 79.9. The number of hydrogen-bond acceptors (Lipinski definition) is 3. The standard InChI is InChI=1S/C22H24BrNO3/c1-12-9-13(2)24-21(26)15(12)6-7-19(25)14-10-16-17-5-4-8-22(17,3)27-20(16)18(23)11-14/h9-11,17H,4-8H2,1-3H3,(H,24,26)/t17-,22-/m0/s1. The number of aryl methyl sites for hydroxylation is 2. The van der Waals surface area contributed by atoms with Crippen LogP contribution in [0, 0.1) is 13.8 Å². The summed E-state index contributed by atoms with van der Waals surface area (Å²) in [5.41, 5.74) is 4.09. The molecule has 1 saturated carbocycles. The van der Waals surface area contributed by atoms with Gasteiger partial charge < -0.3 is 9.72 Å². The summed E-state index contributed by atoms with van der Waals surface area (Å²) in [7, 11) is 0. The predicted molar refractivity (Wildman–Crippen MR) is 109 cm³/mol. The van der Waals surface area contributed by atoms with Gasteiger partial charge in [0.2, 0.25) is 0 Å². The number of carbonyl (C=O) groups is 1. The van der Waals surface area contributed by atoms with E-state index in [-0.39, 0.29) is 16.9 Å². The van der Waals surface area contributed by atoms with Crippen molar-refractivity contribution in [1.29, 1.82) is 0 Å². The van der Waals surface area contributed by atoms with Crippen molar-refractivity contribution in [3.05, 3.63) is 61.0 Å². The number of benzene rings is 1. The summed E-state index contributed by atoms with van der Waals surface area (Å²) in [6.45, 7) is 5.96. The van der Waals surface area contributed by atoms with Crippen molar-refractivity contribution in [2.75, 3.05) is 0 Å². The van der Waals surface area contributed by atoms with Crippen LogP contribution >= 0.6 is 15.9 Å². The van der Waals surface area contributed by atoms with Crippen LogP contribution in [0.25, 0.3) is 0 Å². The van der Waals surface area contributed by atoms with Crippen molar-refractivity contribution in [3.8, 4) is 5.75 Å². The summed E-state index contributed by atoms with van der Waals surface area (Å²) in [5, 5.41) is 0. The third-order valence-corrected chi connectivity index (χ3v) is 6.69. The van der Waals surface area contributed by atoms with Gasteiger partial charge in [0.1, 0.15) is 11.4 Å². The molecule has 4 nitrogen and oxygen atoms in total. The van der Waals surface area contributed by atoms with Crippen LogP contribution in [0.2, 0.25) is 0 Å². The third-order valence-electron chi connectivity index (χ3n) is 6.10. The van der Waals surface area contributed by atoms with Crippen molar-refractivity contribution in [2.45, 2.75) is 64.4 Å². The second-order valence-electron chi connectivity index (χ2n) is 8.10. The molecular weight excluding hydrogens is 406 g/mol. The van der Waals surface area contributed by atoms with Gasteiger partial charge in [-0.25, -0.2) is 0 Å². The van der Waals surface area contributed by atoms with E-state index < -0.39 is 0 Å². The van der Waals surface area contributed by atoms with E-state index in [4.69, 9.17) is 4.74 Å². The number of halogens is 1. The van der Waals surface area contributed by atoms with E-state index in [1.807, 2.05) is 32.0 Å². The molecular formula is C22H24BrNO3. The van der Waals surface area contributed by atoms with Gasteiger partial charge in [0.15, 0.2) is 5.78 Å². The normalized spacial score (nSPS) is 23.0. The number of carbonyl (C=O) groups excluding carboxylic acids is 1. The van der Waals surface area contributed by atoms with Crippen LogP contribution in [0.5, 0.6) is 5.75 Å². The van der Waals surface area contributed by atoms with E-state index >= 15 is 0 Å². The fourth-order valence-corrected chi connectivity index (χ4v) is 5.25. The van der Waals surface area contributed by atoms with Crippen molar-refractivity contribution >= 4 is 21.7 Å². The molecule has 2 atom stereocenters. The van der Waals surface area contributed by atoms with E-state index in [1.165, 1.54) is 0 Å². The summed E-state index contributed by atoms with van der Waals surface area (Å²) in [6, 6.07) is 5.82. The number of hydrogen-bond donors (Lipinski definition) is 1. The minimum absolute atomic E-state index is 0.0597. The number of ketones is 1. The Morgan fingerprint density at radius 1 is 1.33 bits per heavy atom. The Morgan fingerprint density at radius 2 is 2.11 bits per heavy atom. The smallest absolute Gasteiger partial charge is 0.251 e. The quantitative estimate of drug-likeness (QED) is 0.696. The highest BCUT2D eigenvalue weighted by Gasteiger charge is 2.48. The zero-order chi connectivity index (χ0) is 19.3. The molecule has 2 heterocycles. The molecule has 4 rings (SSSR count). The minimum atomic E-state index is -0.140. The molecule has 1 fully saturated rings. The number of fused-ring (bicyclic) bond motifs is 3. The number of aromatic amines is 1. The van der Waals surface area contributed by atoms with Gasteiger partial charge in [-0.15, -0.1) is 0 Å². The minimum Gasteiger partial charge on any atom is -0.485 e. The Bertz CT molecular complexity index is 994. The number of aromatic nitrogens is 1. The molecule has 2 aliphatic rings. The molecule has 0 unspecified atom stereocenters. The average Bonchev–Trinajstić information content (AvgIpc) is 3.08. The lowest BCUT2D eigenvalue weighted by atomic mass is 9.87. The second kappa shape index (κ2) is 6.62. The first-order valence-corrected chi connectivity index (χ1v) is 10.3. The van der Waals surface area contributed by atoms with Crippen molar-refractivity contribution in [3.63, 3.8) is 0 Å². The van der Waals surface area contributed by atoms with Gasteiger partial charge in [0.25, 0.3) is 5.56 Å². The molecule has 0 bridgehead atoms. The lowest BCUT2D eigenvalue weighted by Gasteiger charge is -2.23. The highest BCUT2D eigenvalue weighted by molar-refractivity contribution is 9.10. The van der Waals surface area contributed by atoms with Gasteiger partial charge in [-0.05, 0) is 86.1 Å². The molecule has 0 amide bonds. The van der Waals surface area contributed by atoms with Crippen LogP contribution in [-0.4, -0.2) is 16.4 Å². The molecule has 1 N–H and O–H groups in total. The Kier molecular flexibility index (Phi) is 4.53. The summed E-state index contributed by atoms with van der Waals surface area (Å²) < 4.78 is 7.10. The Hall–Kier alpha value is -1.88. The predicted octanol–water partition coefficient (Wildman–Crippen LogP) is 4.99. The molecule has 5 heteroatoms. The number of nitrogens with one attached hydrogen (secondary N) is 1. The largest absolute Gasteiger partial charge is 0.485 e. The van der Waals surface area contributed by atoms with Gasteiger partial charge in [-0.2, -0.15) is 0 Å². The number of H-pyrrole nitrogens is 1. The molecule has 1 aromatic heterocycles. The number of Topliss-reactive ketones (excluding diaryl/α,β-unsaturated/α-hetero) is 1. The fraction of sp³-hybridized carbons (Fsp3) is 0.455. The Labute approximate surface area is 167 Å². The van der Waals surface area contributed by atoms with Crippen LogP contribution in [0.4, 0.5) is 0 Å².